The lowest BCUT2D eigenvalue weighted by Gasteiger charge is -2.23. The van der Waals surface area contributed by atoms with E-state index in [1.54, 1.807) is 31.2 Å². The molecule has 0 aromatic heterocycles. The van der Waals surface area contributed by atoms with E-state index in [0.29, 0.717) is 23.5 Å². The molecule has 5 rings (SSSR count). The van der Waals surface area contributed by atoms with E-state index in [1.807, 2.05) is 78.9 Å². The number of rotatable bonds is 7. The molecule has 0 saturated carbocycles. The molecule has 0 bridgehead atoms. The van der Waals surface area contributed by atoms with Gasteiger partial charge in [0.15, 0.2) is 0 Å². The van der Waals surface area contributed by atoms with Gasteiger partial charge in [0.1, 0.15) is 6.54 Å². The van der Waals surface area contributed by atoms with Gasteiger partial charge in [0, 0.05) is 17.9 Å². The minimum Gasteiger partial charge on any atom is -0.478 e. The highest BCUT2D eigenvalue weighted by molar-refractivity contribution is 6.04. The summed E-state index contributed by atoms with van der Waals surface area (Å²) in [6.45, 7) is 2.17. The lowest BCUT2D eigenvalue weighted by Crippen LogP contribution is -2.36. The smallest absolute Gasteiger partial charge is 0.337 e. The molecule has 8 heteroatoms. The maximum absolute atomic E-state index is 13.2. The topological polar surface area (TPSA) is 136 Å². The van der Waals surface area contributed by atoms with E-state index < -0.39 is 11.9 Å². The first-order valence-corrected chi connectivity index (χ1v) is 13.1. The number of esters is 1. The molecule has 0 aliphatic rings. The lowest BCUT2D eigenvalue weighted by atomic mass is 10.0. The summed E-state index contributed by atoms with van der Waals surface area (Å²) in [6, 6.07) is 31.6. The predicted octanol–water partition coefficient (Wildman–Crippen LogP) is 5.75. The Labute approximate surface area is 237 Å². The van der Waals surface area contributed by atoms with Crippen molar-refractivity contribution in [2.24, 2.45) is 0 Å². The Morgan fingerprint density at radius 3 is 1.68 bits per heavy atom. The van der Waals surface area contributed by atoms with Gasteiger partial charge >= 0.3 is 11.9 Å². The molecule has 0 spiro atoms. The van der Waals surface area contributed by atoms with Crippen LogP contribution in [-0.2, 0) is 16.1 Å². The van der Waals surface area contributed by atoms with Gasteiger partial charge in [-0.25, -0.2) is 4.79 Å². The Balaban J connectivity index is 0.000000231. The first kappa shape index (κ1) is 28.6. The standard InChI is InChI=1S/C22H22N2O3.C11H9NO2/c1-2-27-21(25)15-24(14-16-8-4-3-5-9-16)22(26)19-12-17-10-6-7-11-18(17)13-20(19)23;12-10-6-8-4-2-1-3-7(8)5-9(10)11(13)14/h3-13H,2,14-15,23H2,1H3;1-6H,12H2,(H,13,14). The summed E-state index contributed by atoms with van der Waals surface area (Å²) in [5, 5.41) is 12.6. The van der Waals surface area contributed by atoms with Crippen molar-refractivity contribution >= 4 is 50.8 Å². The highest BCUT2D eigenvalue weighted by Gasteiger charge is 2.22. The zero-order valence-corrected chi connectivity index (χ0v) is 22.6. The van der Waals surface area contributed by atoms with Crippen LogP contribution in [0.5, 0.6) is 0 Å². The van der Waals surface area contributed by atoms with Crippen LogP contribution >= 0.6 is 0 Å². The molecule has 5 N–H and O–H groups in total. The van der Waals surface area contributed by atoms with Crippen molar-refractivity contribution in [2.75, 3.05) is 24.6 Å². The van der Waals surface area contributed by atoms with Gasteiger partial charge in [-0.2, -0.15) is 0 Å². The number of nitrogen functional groups attached to an aromatic ring is 2. The normalized spacial score (nSPS) is 10.5. The molecule has 41 heavy (non-hydrogen) atoms. The maximum Gasteiger partial charge on any atom is 0.337 e. The second-order valence-electron chi connectivity index (χ2n) is 9.33. The summed E-state index contributed by atoms with van der Waals surface area (Å²) in [6.07, 6.45) is 0. The van der Waals surface area contributed by atoms with E-state index in [0.717, 1.165) is 27.1 Å². The number of hydrogen-bond acceptors (Lipinski definition) is 6. The van der Waals surface area contributed by atoms with Crippen LogP contribution in [0.4, 0.5) is 11.4 Å². The minimum absolute atomic E-state index is 0.131. The third kappa shape index (κ3) is 7.19. The van der Waals surface area contributed by atoms with E-state index >= 15 is 0 Å². The van der Waals surface area contributed by atoms with E-state index in [2.05, 4.69) is 0 Å². The Hall–Kier alpha value is -5.37. The number of amides is 1. The van der Waals surface area contributed by atoms with E-state index in [9.17, 15) is 14.4 Å². The molecule has 0 saturated heterocycles. The molecule has 0 aliphatic carbocycles. The molecule has 5 aromatic carbocycles. The Kier molecular flexibility index (Phi) is 9.16. The van der Waals surface area contributed by atoms with Crippen LogP contribution in [0, 0.1) is 0 Å². The molecule has 208 valence electrons. The van der Waals surface area contributed by atoms with Gasteiger partial charge in [-0.05, 0) is 58.3 Å². The van der Waals surface area contributed by atoms with Gasteiger partial charge in [0.2, 0.25) is 0 Å². The summed E-state index contributed by atoms with van der Waals surface area (Å²) in [5.41, 5.74) is 13.9. The van der Waals surface area contributed by atoms with Crippen molar-refractivity contribution in [3.05, 3.63) is 120 Å². The van der Waals surface area contributed by atoms with Gasteiger partial charge in [-0.1, -0.05) is 78.9 Å². The molecule has 0 fully saturated rings. The van der Waals surface area contributed by atoms with E-state index in [1.165, 1.54) is 4.90 Å². The Bertz CT molecular complexity index is 1700. The number of fused-ring (bicyclic) bond motifs is 2. The van der Waals surface area contributed by atoms with Crippen molar-refractivity contribution in [1.82, 2.24) is 4.90 Å². The molecule has 0 unspecified atom stereocenters. The zero-order valence-electron chi connectivity index (χ0n) is 22.6. The molecule has 5 aromatic rings. The van der Waals surface area contributed by atoms with Gasteiger partial charge in [-0.15, -0.1) is 0 Å². The SMILES string of the molecule is CCOC(=O)CN(Cc1ccccc1)C(=O)c1cc2ccccc2cc1N.Nc1cc2ccccc2cc1C(=O)O. The van der Waals surface area contributed by atoms with Crippen molar-refractivity contribution in [1.29, 1.82) is 0 Å². The molecule has 1 amide bonds. The third-order valence-electron chi connectivity index (χ3n) is 6.43. The van der Waals surface area contributed by atoms with Gasteiger partial charge in [-0.3, -0.25) is 9.59 Å². The molecular formula is C33H31N3O5. The summed E-state index contributed by atoms with van der Waals surface area (Å²) in [7, 11) is 0. The molecule has 0 heterocycles. The first-order valence-electron chi connectivity index (χ1n) is 13.1. The maximum atomic E-state index is 13.2. The highest BCUT2D eigenvalue weighted by atomic mass is 16.5. The number of benzene rings is 5. The second kappa shape index (κ2) is 13.1. The van der Waals surface area contributed by atoms with Crippen LogP contribution in [-0.4, -0.2) is 41.0 Å². The van der Waals surface area contributed by atoms with Gasteiger partial charge in [0.05, 0.1) is 17.7 Å². The number of nitrogens with two attached hydrogens (primary N) is 2. The fraction of sp³-hybridized carbons (Fsp3) is 0.121. The van der Waals surface area contributed by atoms with Crippen molar-refractivity contribution in [2.45, 2.75) is 13.5 Å². The minimum atomic E-state index is -0.992. The summed E-state index contributed by atoms with van der Waals surface area (Å²) >= 11 is 0. The van der Waals surface area contributed by atoms with Crippen molar-refractivity contribution in [3.8, 4) is 0 Å². The number of nitrogens with zero attached hydrogens (tertiary/aromatic N) is 1. The average molecular weight is 550 g/mol. The summed E-state index contributed by atoms with van der Waals surface area (Å²) < 4.78 is 5.03. The van der Waals surface area contributed by atoms with Crippen LogP contribution in [0.3, 0.4) is 0 Å². The molecule has 0 atom stereocenters. The van der Waals surface area contributed by atoms with Crippen LogP contribution in [0.2, 0.25) is 0 Å². The molecule has 0 radical (unpaired) electrons. The fourth-order valence-electron chi connectivity index (χ4n) is 4.42. The van der Waals surface area contributed by atoms with Crippen LogP contribution in [0.15, 0.2) is 103 Å². The first-order chi connectivity index (χ1) is 19.8. The summed E-state index contributed by atoms with van der Waals surface area (Å²) in [4.78, 5) is 37.5. The van der Waals surface area contributed by atoms with Crippen LogP contribution in [0.25, 0.3) is 21.5 Å². The molecule has 0 aliphatic heterocycles. The predicted molar refractivity (Wildman–Crippen MR) is 161 cm³/mol. The zero-order chi connectivity index (χ0) is 29.4. The highest BCUT2D eigenvalue weighted by Crippen LogP contribution is 2.24. The number of hydrogen-bond donors (Lipinski definition) is 3. The van der Waals surface area contributed by atoms with Crippen LogP contribution in [0.1, 0.15) is 33.2 Å². The number of anilines is 2. The largest absolute Gasteiger partial charge is 0.478 e. The number of ether oxygens (including phenoxy) is 1. The number of carboxylic acid groups (broad SMARTS) is 1. The Morgan fingerprint density at radius 1 is 0.707 bits per heavy atom. The van der Waals surface area contributed by atoms with Crippen molar-refractivity contribution < 1.29 is 24.2 Å². The van der Waals surface area contributed by atoms with Gasteiger partial charge < -0.3 is 26.2 Å². The monoisotopic (exact) mass is 549 g/mol. The van der Waals surface area contributed by atoms with E-state index in [-0.39, 0.29) is 24.6 Å². The van der Waals surface area contributed by atoms with Crippen molar-refractivity contribution in [3.63, 3.8) is 0 Å². The Morgan fingerprint density at radius 2 is 1.17 bits per heavy atom. The number of carboxylic acids is 1. The number of carbonyl (C=O) groups is 3. The molecular weight excluding hydrogens is 518 g/mol. The number of carbonyl (C=O) groups excluding carboxylic acids is 2. The third-order valence-corrected chi connectivity index (χ3v) is 6.43. The van der Waals surface area contributed by atoms with Crippen LogP contribution < -0.4 is 11.5 Å². The van der Waals surface area contributed by atoms with E-state index in [4.69, 9.17) is 21.3 Å². The molecule has 8 nitrogen and oxygen atoms in total. The average Bonchev–Trinajstić information content (AvgIpc) is 2.96. The second-order valence-corrected chi connectivity index (χ2v) is 9.33. The summed E-state index contributed by atoms with van der Waals surface area (Å²) in [5.74, 6) is -1.73. The number of aromatic carboxylic acids is 1. The lowest BCUT2D eigenvalue weighted by molar-refractivity contribution is -0.143. The van der Waals surface area contributed by atoms with Gasteiger partial charge in [0.25, 0.3) is 5.91 Å². The quantitative estimate of drug-likeness (QED) is 0.174. The fourth-order valence-corrected chi connectivity index (χ4v) is 4.42.